The molecule has 3 nitrogen and oxygen atoms in total. The minimum atomic E-state index is -2.48. The van der Waals surface area contributed by atoms with Gasteiger partial charge in [0.2, 0.25) is 0 Å². The third-order valence-electron chi connectivity index (χ3n) is 4.92. The van der Waals surface area contributed by atoms with Gasteiger partial charge < -0.3 is 4.43 Å². The fourth-order valence-corrected chi connectivity index (χ4v) is 8.52. The number of benzene rings is 2. The van der Waals surface area contributed by atoms with E-state index in [2.05, 4.69) is 85.8 Å². The minimum Gasteiger partial charge on any atom is -0.407 e. The maximum Gasteiger partial charge on any atom is 0.261 e. The van der Waals surface area contributed by atoms with Crippen molar-refractivity contribution in [1.82, 2.24) is 0 Å². The molecule has 0 fully saturated rings. The van der Waals surface area contributed by atoms with E-state index >= 15 is 0 Å². The van der Waals surface area contributed by atoms with E-state index in [4.69, 9.17) is 4.43 Å². The van der Waals surface area contributed by atoms with Crippen LogP contribution in [0.3, 0.4) is 0 Å². The highest BCUT2D eigenvalue weighted by Crippen LogP contribution is 2.36. The van der Waals surface area contributed by atoms with E-state index in [1.165, 1.54) is 10.4 Å². The fraction of sp³-hybridized carbons (Fsp3) is 0.400. The number of allylic oxidation sites excluding steroid dienone is 1. The van der Waals surface area contributed by atoms with Crippen molar-refractivity contribution in [3.8, 4) is 0 Å². The second-order valence-electron chi connectivity index (χ2n) is 9.34. The number of nitrogens with zero attached hydrogens (tertiary/aromatic N) is 1. The van der Waals surface area contributed by atoms with Crippen LogP contribution in [0.2, 0.25) is 5.04 Å². The molecule has 0 aliphatic carbocycles. The summed E-state index contributed by atoms with van der Waals surface area (Å²) in [6, 6.07) is 21.3. The minimum absolute atomic E-state index is 0.0233. The van der Waals surface area contributed by atoms with Crippen LogP contribution in [0.5, 0.6) is 0 Å². The Balaban J connectivity index is 2.20. The number of hydrogen-bond donors (Lipinski definition) is 0. The lowest BCUT2D eigenvalue weighted by Crippen LogP contribution is -2.66. The number of hydrogen-bond acceptors (Lipinski definition) is 2. The summed E-state index contributed by atoms with van der Waals surface area (Å²) in [6.07, 6.45) is 6.29. The summed E-state index contributed by atoms with van der Waals surface area (Å²) < 4.78 is 22.6. The summed E-state index contributed by atoms with van der Waals surface area (Å²) in [5.41, 5.74) is 0. The monoisotopic (exact) mass is 441 g/mol. The first-order chi connectivity index (χ1) is 14.1. The van der Waals surface area contributed by atoms with Crippen LogP contribution in [0.4, 0.5) is 0 Å². The molecule has 0 bridgehead atoms. The first-order valence-corrected chi connectivity index (χ1v) is 13.5. The first-order valence-electron chi connectivity index (χ1n) is 10.5. The van der Waals surface area contributed by atoms with Gasteiger partial charge in [-0.15, -0.1) is 0 Å². The van der Waals surface area contributed by atoms with Crippen molar-refractivity contribution in [2.75, 3.05) is 6.61 Å². The van der Waals surface area contributed by atoms with Crippen molar-refractivity contribution >= 4 is 35.9 Å². The van der Waals surface area contributed by atoms with Crippen LogP contribution < -0.4 is 10.4 Å². The highest BCUT2D eigenvalue weighted by atomic mass is 32.2. The van der Waals surface area contributed by atoms with Gasteiger partial charge in [-0.05, 0) is 48.7 Å². The van der Waals surface area contributed by atoms with E-state index in [1.54, 1.807) is 6.21 Å². The second kappa shape index (κ2) is 10.5. The molecule has 0 amide bonds. The molecule has 0 unspecified atom stereocenters. The molecule has 0 spiro atoms. The Morgan fingerprint density at radius 3 is 1.83 bits per heavy atom. The van der Waals surface area contributed by atoms with E-state index in [0.29, 0.717) is 6.61 Å². The van der Waals surface area contributed by atoms with Gasteiger partial charge in [-0.3, -0.25) is 0 Å². The molecule has 0 aromatic heterocycles. The standard InChI is InChI=1S/C25H35NO2SSi/c1-24(2,3)29(27)26-20-14-9-15-21-28-30(25(4,5)6,22-16-10-7-11-17-22)23-18-12-8-13-19-23/h7-14,16-20H,15,21H2,1-6H3/b14-9+,26-20?/t29-/m1/s1. The molecule has 0 aliphatic rings. The zero-order chi connectivity index (χ0) is 22.3. The molecule has 2 aromatic carbocycles. The van der Waals surface area contributed by atoms with Gasteiger partial charge >= 0.3 is 0 Å². The van der Waals surface area contributed by atoms with Gasteiger partial charge in [-0.25, -0.2) is 4.21 Å². The molecule has 5 heteroatoms. The van der Waals surface area contributed by atoms with Crippen LogP contribution in [0, 0.1) is 0 Å². The lowest BCUT2D eigenvalue weighted by Gasteiger charge is -2.43. The van der Waals surface area contributed by atoms with Crippen molar-refractivity contribution < 1.29 is 8.63 Å². The van der Waals surface area contributed by atoms with Crippen LogP contribution >= 0.6 is 0 Å². The fourth-order valence-electron chi connectivity index (χ4n) is 3.45. The van der Waals surface area contributed by atoms with E-state index in [0.717, 1.165) is 6.42 Å². The third kappa shape index (κ3) is 6.09. The average Bonchev–Trinajstić information content (AvgIpc) is 2.69. The van der Waals surface area contributed by atoms with Gasteiger partial charge in [0.15, 0.2) is 0 Å². The summed E-state index contributed by atoms with van der Waals surface area (Å²) in [6.45, 7) is 13.2. The Labute approximate surface area is 186 Å². The summed E-state index contributed by atoms with van der Waals surface area (Å²) in [5.74, 6) is 0. The molecule has 0 saturated heterocycles. The lowest BCUT2D eigenvalue weighted by atomic mass is 10.2. The van der Waals surface area contributed by atoms with Gasteiger partial charge in [0.1, 0.15) is 11.0 Å². The first kappa shape index (κ1) is 24.4. The largest absolute Gasteiger partial charge is 0.407 e. The Morgan fingerprint density at radius 1 is 0.900 bits per heavy atom. The Morgan fingerprint density at radius 2 is 1.40 bits per heavy atom. The molecule has 0 radical (unpaired) electrons. The molecule has 2 aromatic rings. The van der Waals surface area contributed by atoms with Crippen LogP contribution in [-0.4, -0.2) is 30.1 Å². The molecule has 2 rings (SSSR count). The van der Waals surface area contributed by atoms with Crippen LogP contribution in [0.25, 0.3) is 0 Å². The van der Waals surface area contributed by atoms with Crippen molar-refractivity contribution in [3.05, 3.63) is 72.8 Å². The molecular formula is C25H35NO2SSi. The summed E-state index contributed by atoms with van der Waals surface area (Å²) in [7, 11) is -3.70. The molecule has 0 saturated carbocycles. The maximum absolute atomic E-state index is 12.0. The molecular weight excluding hydrogens is 406 g/mol. The van der Waals surface area contributed by atoms with Gasteiger partial charge in [-0.2, -0.15) is 4.40 Å². The van der Waals surface area contributed by atoms with Crippen molar-refractivity contribution in [2.45, 2.75) is 57.7 Å². The predicted molar refractivity (Wildman–Crippen MR) is 134 cm³/mol. The predicted octanol–water partition coefficient (Wildman–Crippen LogP) is 5.04. The molecule has 30 heavy (non-hydrogen) atoms. The molecule has 0 heterocycles. The summed E-state index contributed by atoms with van der Waals surface area (Å²) in [4.78, 5) is 0. The van der Waals surface area contributed by atoms with E-state index in [9.17, 15) is 4.21 Å². The number of rotatable bonds is 8. The van der Waals surface area contributed by atoms with Crippen LogP contribution in [-0.2, 0) is 15.4 Å². The molecule has 0 aliphatic heterocycles. The zero-order valence-electron chi connectivity index (χ0n) is 19.1. The van der Waals surface area contributed by atoms with E-state index in [1.807, 2.05) is 32.9 Å². The lowest BCUT2D eigenvalue weighted by molar-refractivity contribution is 0.304. The highest BCUT2D eigenvalue weighted by Gasteiger charge is 2.49. The maximum atomic E-state index is 12.0. The normalized spacial score (nSPS) is 14.5. The van der Waals surface area contributed by atoms with Crippen molar-refractivity contribution in [2.24, 2.45) is 4.40 Å². The highest BCUT2D eigenvalue weighted by molar-refractivity contribution is 7.85. The average molecular weight is 442 g/mol. The quantitative estimate of drug-likeness (QED) is 0.327. The SMILES string of the molecule is CC(C)(C)[S@@](=O)N=C/C=C/CCO[Si](c1ccccc1)(c1ccccc1)C(C)(C)C. The van der Waals surface area contributed by atoms with Gasteiger partial charge in [-0.1, -0.05) is 87.5 Å². The summed E-state index contributed by atoms with van der Waals surface area (Å²) in [5, 5.41) is 2.55. The Bertz CT molecular complexity index is 826. The van der Waals surface area contributed by atoms with Gasteiger partial charge in [0.05, 0.1) is 4.75 Å². The van der Waals surface area contributed by atoms with E-state index in [-0.39, 0.29) is 9.79 Å². The smallest absolute Gasteiger partial charge is 0.261 e. The Hall–Kier alpha value is -1.82. The molecule has 0 N–H and O–H groups in total. The Kier molecular flexibility index (Phi) is 8.53. The van der Waals surface area contributed by atoms with Gasteiger partial charge in [0.25, 0.3) is 8.32 Å². The second-order valence-corrected chi connectivity index (χ2v) is 15.6. The van der Waals surface area contributed by atoms with Crippen molar-refractivity contribution in [1.29, 1.82) is 0 Å². The zero-order valence-corrected chi connectivity index (χ0v) is 20.9. The van der Waals surface area contributed by atoms with Crippen molar-refractivity contribution in [3.63, 3.8) is 0 Å². The third-order valence-corrected chi connectivity index (χ3v) is 11.3. The van der Waals surface area contributed by atoms with Gasteiger partial charge in [0, 0.05) is 12.8 Å². The topological polar surface area (TPSA) is 38.7 Å². The summed E-state index contributed by atoms with van der Waals surface area (Å²) >= 11 is 0. The van der Waals surface area contributed by atoms with Crippen LogP contribution in [0.1, 0.15) is 48.0 Å². The van der Waals surface area contributed by atoms with E-state index < -0.39 is 19.3 Å². The van der Waals surface area contributed by atoms with Crippen LogP contribution in [0.15, 0.2) is 77.2 Å². The molecule has 1 atom stereocenters. The molecule has 162 valence electrons.